The maximum atomic E-state index is 12.3. The summed E-state index contributed by atoms with van der Waals surface area (Å²) in [6, 6.07) is 5.73. The SMILES string of the molecule is CC(C)N(C)CCNS(=O)(=O)c1ccc2c(c1)CCCN2. The molecule has 0 radical (unpaired) electrons. The molecule has 1 aromatic rings. The number of rotatable bonds is 6. The molecule has 0 unspecified atom stereocenters. The number of hydrogen-bond acceptors (Lipinski definition) is 4. The Morgan fingerprint density at radius 1 is 1.38 bits per heavy atom. The summed E-state index contributed by atoms with van der Waals surface area (Å²) in [6.07, 6.45) is 1.98. The van der Waals surface area contributed by atoms with Crippen molar-refractivity contribution in [1.82, 2.24) is 9.62 Å². The summed E-state index contributed by atoms with van der Waals surface area (Å²) in [5.74, 6) is 0. The van der Waals surface area contributed by atoms with Crippen molar-refractivity contribution >= 4 is 15.7 Å². The lowest BCUT2D eigenvalue weighted by Gasteiger charge is -2.21. The van der Waals surface area contributed by atoms with Crippen molar-refractivity contribution in [3.8, 4) is 0 Å². The zero-order valence-electron chi connectivity index (χ0n) is 13.0. The van der Waals surface area contributed by atoms with Gasteiger partial charge in [0.05, 0.1) is 4.90 Å². The Kier molecular flexibility index (Phi) is 5.24. The first-order valence-corrected chi connectivity index (χ1v) is 8.95. The third-order valence-electron chi connectivity index (χ3n) is 3.96. The Labute approximate surface area is 127 Å². The lowest BCUT2D eigenvalue weighted by atomic mass is 10.0. The summed E-state index contributed by atoms with van der Waals surface area (Å²) < 4.78 is 27.3. The molecule has 0 fully saturated rings. The van der Waals surface area contributed by atoms with Crippen molar-refractivity contribution in [2.75, 3.05) is 32.0 Å². The number of aryl methyl sites for hydroxylation is 1. The van der Waals surface area contributed by atoms with Crippen LogP contribution in [-0.2, 0) is 16.4 Å². The van der Waals surface area contributed by atoms with Crippen LogP contribution in [0.4, 0.5) is 5.69 Å². The van der Waals surface area contributed by atoms with Crippen molar-refractivity contribution in [3.63, 3.8) is 0 Å². The van der Waals surface area contributed by atoms with Crippen molar-refractivity contribution < 1.29 is 8.42 Å². The van der Waals surface area contributed by atoms with Crippen LogP contribution in [0.1, 0.15) is 25.8 Å². The lowest BCUT2D eigenvalue weighted by molar-refractivity contribution is 0.278. The van der Waals surface area contributed by atoms with Gasteiger partial charge in [0.1, 0.15) is 0 Å². The van der Waals surface area contributed by atoms with Crippen LogP contribution in [0.25, 0.3) is 0 Å². The molecule has 2 N–H and O–H groups in total. The molecule has 0 atom stereocenters. The second kappa shape index (κ2) is 6.77. The van der Waals surface area contributed by atoms with Gasteiger partial charge in [-0.25, -0.2) is 13.1 Å². The Morgan fingerprint density at radius 2 is 2.14 bits per heavy atom. The molecular formula is C15H25N3O2S. The highest BCUT2D eigenvalue weighted by Gasteiger charge is 2.17. The van der Waals surface area contributed by atoms with Crippen molar-refractivity contribution in [1.29, 1.82) is 0 Å². The monoisotopic (exact) mass is 311 g/mol. The highest BCUT2D eigenvalue weighted by molar-refractivity contribution is 7.89. The second-order valence-corrected chi connectivity index (χ2v) is 7.59. The molecule has 0 aliphatic carbocycles. The fourth-order valence-electron chi connectivity index (χ4n) is 2.32. The number of nitrogens with one attached hydrogen (secondary N) is 2. The number of nitrogens with zero attached hydrogens (tertiary/aromatic N) is 1. The van der Waals surface area contributed by atoms with E-state index in [0.717, 1.165) is 30.6 Å². The molecule has 2 rings (SSSR count). The topological polar surface area (TPSA) is 61.4 Å². The van der Waals surface area contributed by atoms with Crippen LogP contribution < -0.4 is 10.0 Å². The zero-order valence-corrected chi connectivity index (χ0v) is 13.8. The highest BCUT2D eigenvalue weighted by Crippen LogP contribution is 2.24. The van der Waals surface area contributed by atoms with Gasteiger partial charge in [-0.15, -0.1) is 0 Å². The van der Waals surface area contributed by atoms with Gasteiger partial charge in [0.25, 0.3) is 0 Å². The summed E-state index contributed by atoms with van der Waals surface area (Å²) in [4.78, 5) is 2.47. The van der Waals surface area contributed by atoms with E-state index >= 15 is 0 Å². The van der Waals surface area contributed by atoms with Crippen LogP contribution >= 0.6 is 0 Å². The molecule has 0 spiro atoms. The van der Waals surface area contributed by atoms with Gasteiger partial charge in [-0.1, -0.05) is 0 Å². The lowest BCUT2D eigenvalue weighted by Crippen LogP contribution is -2.36. The Balaban J connectivity index is 2.02. The minimum atomic E-state index is -3.42. The second-order valence-electron chi connectivity index (χ2n) is 5.82. The van der Waals surface area contributed by atoms with Gasteiger partial charge < -0.3 is 10.2 Å². The number of anilines is 1. The fraction of sp³-hybridized carbons (Fsp3) is 0.600. The first kappa shape index (κ1) is 16.3. The summed E-state index contributed by atoms with van der Waals surface area (Å²) in [5, 5.41) is 3.29. The molecule has 5 nitrogen and oxygen atoms in total. The van der Waals surface area contributed by atoms with Crippen LogP contribution in [0.2, 0.25) is 0 Å². The van der Waals surface area contributed by atoms with E-state index in [1.807, 2.05) is 13.1 Å². The van der Waals surface area contributed by atoms with Crippen LogP contribution in [0.3, 0.4) is 0 Å². The minimum Gasteiger partial charge on any atom is -0.385 e. The molecule has 21 heavy (non-hydrogen) atoms. The summed E-state index contributed by atoms with van der Waals surface area (Å²) in [7, 11) is -1.43. The number of fused-ring (bicyclic) bond motifs is 1. The van der Waals surface area contributed by atoms with Gasteiger partial charge in [0, 0.05) is 31.4 Å². The van der Waals surface area contributed by atoms with Crippen LogP contribution in [0.5, 0.6) is 0 Å². The smallest absolute Gasteiger partial charge is 0.240 e. The highest BCUT2D eigenvalue weighted by atomic mass is 32.2. The van der Waals surface area contributed by atoms with Gasteiger partial charge in [-0.2, -0.15) is 0 Å². The molecule has 118 valence electrons. The van der Waals surface area contributed by atoms with Gasteiger partial charge in [-0.05, 0) is 57.5 Å². The maximum Gasteiger partial charge on any atom is 0.240 e. The summed E-state index contributed by atoms with van der Waals surface area (Å²) in [6.45, 7) is 6.25. The van der Waals surface area contributed by atoms with E-state index in [4.69, 9.17) is 0 Å². The average Bonchev–Trinajstić information content (AvgIpc) is 2.46. The quantitative estimate of drug-likeness (QED) is 0.839. The van der Waals surface area contributed by atoms with E-state index in [1.54, 1.807) is 12.1 Å². The van der Waals surface area contributed by atoms with E-state index in [2.05, 4.69) is 28.8 Å². The molecular weight excluding hydrogens is 286 g/mol. The molecule has 0 aromatic heterocycles. The molecule has 1 aliphatic heterocycles. The van der Waals surface area contributed by atoms with Crippen LogP contribution in [0.15, 0.2) is 23.1 Å². The first-order chi connectivity index (χ1) is 9.90. The van der Waals surface area contributed by atoms with Crippen molar-refractivity contribution in [2.45, 2.75) is 37.6 Å². The van der Waals surface area contributed by atoms with Crippen LogP contribution in [0, 0.1) is 0 Å². The maximum absolute atomic E-state index is 12.3. The van der Waals surface area contributed by atoms with Gasteiger partial charge >= 0.3 is 0 Å². The van der Waals surface area contributed by atoms with Crippen LogP contribution in [-0.4, -0.2) is 46.0 Å². The molecule has 0 amide bonds. The molecule has 0 saturated heterocycles. The molecule has 0 bridgehead atoms. The van der Waals surface area contributed by atoms with Crippen molar-refractivity contribution in [3.05, 3.63) is 23.8 Å². The third kappa shape index (κ3) is 4.18. The number of benzene rings is 1. The van der Waals surface area contributed by atoms with Gasteiger partial charge in [0.2, 0.25) is 10.0 Å². The first-order valence-electron chi connectivity index (χ1n) is 7.47. The van der Waals surface area contributed by atoms with E-state index < -0.39 is 10.0 Å². The van der Waals surface area contributed by atoms with E-state index in [-0.39, 0.29) is 0 Å². The van der Waals surface area contributed by atoms with Crippen molar-refractivity contribution in [2.24, 2.45) is 0 Å². The van der Waals surface area contributed by atoms with E-state index in [0.29, 0.717) is 24.0 Å². The van der Waals surface area contributed by atoms with Gasteiger partial charge in [0.15, 0.2) is 0 Å². The predicted octanol–water partition coefficient (Wildman–Crippen LogP) is 1.66. The molecule has 6 heteroatoms. The largest absolute Gasteiger partial charge is 0.385 e. The zero-order chi connectivity index (χ0) is 15.5. The predicted molar refractivity (Wildman–Crippen MR) is 86.2 cm³/mol. The number of likely N-dealkylation sites (N-methyl/N-ethyl adjacent to an activating group) is 1. The molecule has 1 heterocycles. The standard InChI is InChI=1S/C15H25N3O2S/c1-12(2)18(3)10-9-17-21(19,20)14-6-7-15-13(11-14)5-4-8-16-15/h6-7,11-12,16-17H,4-5,8-10H2,1-3H3. The molecule has 1 aromatic carbocycles. The minimum absolute atomic E-state index is 0.358. The third-order valence-corrected chi connectivity index (χ3v) is 5.42. The summed E-state index contributed by atoms with van der Waals surface area (Å²) in [5.41, 5.74) is 2.14. The fourth-order valence-corrected chi connectivity index (χ4v) is 3.39. The Hall–Kier alpha value is -1.11. The van der Waals surface area contributed by atoms with Gasteiger partial charge in [-0.3, -0.25) is 0 Å². The molecule has 0 saturated carbocycles. The summed E-state index contributed by atoms with van der Waals surface area (Å²) >= 11 is 0. The average molecular weight is 311 g/mol. The number of hydrogen-bond donors (Lipinski definition) is 2. The van der Waals surface area contributed by atoms with E-state index in [9.17, 15) is 8.42 Å². The van der Waals surface area contributed by atoms with E-state index in [1.165, 1.54) is 0 Å². The number of sulfonamides is 1. The Morgan fingerprint density at radius 3 is 2.86 bits per heavy atom. The normalized spacial score (nSPS) is 15.1. The Bertz CT molecular complexity index is 585. The molecule has 1 aliphatic rings.